The Kier molecular flexibility index (Phi) is 5.77. The number of nitrogens with zero attached hydrogens (tertiary/aromatic N) is 6. The van der Waals surface area contributed by atoms with E-state index in [1.807, 2.05) is 18.2 Å². The van der Waals surface area contributed by atoms with Gasteiger partial charge in [-0.1, -0.05) is 6.07 Å². The van der Waals surface area contributed by atoms with Gasteiger partial charge in [0.15, 0.2) is 29.0 Å². The Morgan fingerprint density at radius 3 is 2.66 bits per heavy atom. The number of anilines is 2. The molecule has 11 nitrogen and oxygen atoms in total. The first-order valence-corrected chi connectivity index (χ1v) is 12.8. The molecule has 0 bridgehead atoms. The van der Waals surface area contributed by atoms with Gasteiger partial charge >= 0.3 is 0 Å². The molecule has 3 N–H and O–H groups in total. The number of carbonyl (C=O) groups is 1. The van der Waals surface area contributed by atoms with Gasteiger partial charge in [-0.2, -0.15) is 5.10 Å². The first-order valence-electron chi connectivity index (χ1n) is 12.8. The van der Waals surface area contributed by atoms with Crippen molar-refractivity contribution in [3.05, 3.63) is 78.0 Å². The Bertz CT molecular complexity index is 1970. The first kappa shape index (κ1) is 24.6. The minimum absolute atomic E-state index is 0.0251. The third kappa shape index (κ3) is 4.36. The number of ether oxygens (including phenoxy) is 1. The second-order valence-electron chi connectivity index (χ2n) is 9.61. The molecular formula is C28H21F2N9O2. The minimum atomic E-state index is -0.779. The number of aromatic nitrogens is 7. The van der Waals surface area contributed by atoms with Gasteiger partial charge in [-0.05, 0) is 31.5 Å². The molecule has 7 rings (SSSR count). The lowest BCUT2D eigenvalue weighted by atomic mass is 10.1. The highest BCUT2D eigenvalue weighted by atomic mass is 19.1. The van der Waals surface area contributed by atoms with Crippen molar-refractivity contribution in [3.63, 3.8) is 0 Å². The summed E-state index contributed by atoms with van der Waals surface area (Å²) < 4.78 is 35.9. The van der Waals surface area contributed by atoms with Gasteiger partial charge in [0.2, 0.25) is 5.88 Å². The van der Waals surface area contributed by atoms with Crippen LogP contribution in [0.3, 0.4) is 0 Å². The molecule has 4 aromatic heterocycles. The highest BCUT2D eigenvalue weighted by Crippen LogP contribution is 2.36. The number of hydrogen-bond donors (Lipinski definition) is 3. The van der Waals surface area contributed by atoms with E-state index < -0.39 is 23.3 Å². The number of nitrogens with one attached hydrogen (secondary N) is 3. The number of aromatic amines is 2. The number of benzene rings is 2. The van der Waals surface area contributed by atoms with E-state index in [0.29, 0.717) is 30.3 Å². The predicted octanol–water partition coefficient (Wildman–Crippen LogP) is 5.26. The maximum absolute atomic E-state index is 15.3. The predicted molar refractivity (Wildman–Crippen MR) is 146 cm³/mol. The van der Waals surface area contributed by atoms with Crippen LogP contribution in [0.25, 0.3) is 33.2 Å². The molecule has 204 valence electrons. The lowest BCUT2D eigenvalue weighted by Crippen LogP contribution is -2.42. The van der Waals surface area contributed by atoms with Gasteiger partial charge in [0.05, 0.1) is 22.2 Å². The molecule has 0 aliphatic carbocycles. The van der Waals surface area contributed by atoms with Crippen LogP contribution in [0.5, 0.6) is 11.6 Å². The fraction of sp³-hybridized carbons (Fsp3) is 0.143. The summed E-state index contributed by atoms with van der Waals surface area (Å²) in [4.78, 5) is 34.9. The third-order valence-electron chi connectivity index (χ3n) is 6.88. The first-order chi connectivity index (χ1) is 19.9. The number of H-pyrrole nitrogens is 2. The van der Waals surface area contributed by atoms with Gasteiger partial charge in [-0.15, -0.1) is 0 Å². The average molecular weight is 554 g/mol. The van der Waals surface area contributed by atoms with Crippen LogP contribution in [-0.4, -0.2) is 59.0 Å². The summed E-state index contributed by atoms with van der Waals surface area (Å²) in [6.07, 6.45) is 5.27. The summed E-state index contributed by atoms with van der Waals surface area (Å²) in [6, 6.07) is 9.78. The van der Waals surface area contributed by atoms with Gasteiger partial charge in [0, 0.05) is 54.3 Å². The Balaban J connectivity index is 1.25. The zero-order valence-electron chi connectivity index (χ0n) is 21.6. The lowest BCUT2D eigenvalue weighted by molar-refractivity contribution is 0.0649. The van der Waals surface area contributed by atoms with Crippen molar-refractivity contribution in [2.75, 3.05) is 18.4 Å². The molecule has 1 aliphatic heterocycles. The summed E-state index contributed by atoms with van der Waals surface area (Å²) in [5.74, 6) is -2.03. The van der Waals surface area contributed by atoms with Crippen LogP contribution < -0.4 is 10.1 Å². The van der Waals surface area contributed by atoms with E-state index in [4.69, 9.17) is 4.74 Å². The fourth-order valence-electron chi connectivity index (χ4n) is 4.71. The second-order valence-corrected chi connectivity index (χ2v) is 9.61. The number of amides is 1. The van der Waals surface area contributed by atoms with E-state index >= 15 is 4.39 Å². The normalized spacial score (nSPS) is 13.0. The number of halogens is 2. The van der Waals surface area contributed by atoms with Crippen LogP contribution in [0.2, 0.25) is 0 Å². The van der Waals surface area contributed by atoms with E-state index in [1.54, 1.807) is 30.3 Å². The number of likely N-dealkylation sites (tertiary alicyclic amines) is 1. The molecule has 0 unspecified atom stereocenters. The summed E-state index contributed by atoms with van der Waals surface area (Å²) in [6.45, 7) is 2.78. The van der Waals surface area contributed by atoms with E-state index in [2.05, 4.69) is 40.4 Å². The number of hydrogen-bond acceptors (Lipinski definition) is 8. The Hall–Kier alpha value is -5.46. The van der Waals surface area contributed by atoms with Crippen molar-refractivity contribution in [1.82, 2.24) is 40.0 Å². The summed E-state index contributed by atoms with van der Waals surface area (Å²) in [7, 11) is 0. The largest absolute Gasteiger partial charge is 0.435 e. The number of rotatable bonds is 6. The number of carbonyl (C=O) groups excluding carboxylic acids is 1. The Morgan fingerprint density at radius 1 is 1.02 bits per heavy atom. The van der Waals surface area contributed by atoms with Gasteiger partial charge in [0.25, 0.3) is 5.91 Å². The highest BCUT2D eigenvalue weighted by Gasteiger charge is 2.30. The van der Waals surface area contributed by atoms with Crippen LogP contribution in [0.4, 0.5) is 20.4 Å². The molecule has 0 spiro atoms. The molecule has 0 radical (unpaired) electrons. The van der Waals surface area contributed by atoms with E-state index in [0.717, 1.165) is 29.1 Å². The fourth-order valence-corrected chi connectivity index (χ4v) is 4.71. The van der Waals surface area contributed by atoms with Crippen LogP contribution in [0.1, 0.15) is 22.5 Å². The number of aryl methyl sites for hydroxylation is 1. The average Bonchev–Trinajstić information content (AvgIpc) is 3.57. The summed E-state index contributed by atoms with van der Waals surface area (Å²) in [5, 5.41) is 10.4. The smallest absolute Gasteiger partial charge is 0.263 e. The maximum Gasteiger partial charge on any atom is 0.263 e. The quantitative estimate of drug-likeness (QED) is 0.254. The molecule has 1 aliphatic rings. The molecule has 2 aromatic carbocycles. The standard InChI is InChI=1S/C28H21F2N9O2/c1-14-9-16-24(30)21(11-17(29)25(16)35-14)41-27-23(28(40)39-7-2-8-39)26(33-13-34-27)36-22-12-19(37-38-22)15-3-4-18-20(10-15)32-6-5-31-18/h3-6,9-13,35H,2,7-8H2,1H3,(H2,33,34,36,37,38). The highest BCUT2D eigenvalue weighted by molar-refractivity contribution is 6.02. The van der Waals surface area contributed by atoms with E-state index in [9.17, 15) is 9.18 Å². The maximum atomic E-state index is 15.3. The summed E-state index contributed by atoms with van der Waals surface area (Å²) >= 11 is 0. The monoisotopic (exact) mass is 553 g/mol. The molecule has 0 saturated carbocycles. The molecule has 1 saturated heterocycles. The van der Waals surface area contributed by atoms with Gasteiger partial charge in [-0.25, -0.2) is 18.7 Å². The van der Waals surface area contributed by atoms with Crippen molar-refractivity contribution in [1.29, 1.82) is 0 Å². The van der Waals surface area contributed by atoms with Crippen LogP contribution >= 0.6 is 0 Å². The van der Waals surface area contributed by atoms with Gasteiger partial charge in [-0.3, -0.25) is 19.9 Å². The van der Waals surface area contributed by atoms with Crippen LogP contribution in [-0.2, 0) is 0 Å². The van der Waals surface area contributed by atoms with Gasteiger partial charge in [0.1, 0.15) is 11.9 Å². The lowest BCUT2D eigenvalue weighted by Gasteiger charge is -2.31. The van der Waals surface area contributed by atoms with Crippen molar-refractivity contribution < 1.29 is 18.3 Å². The SMILES string of the molecule is Cc1cc2c(F)c(Oc3ncnc(Nc4cc(-c5ccc6nccnc6c5)[nH]n4)c3C(=O)N3CCC3)cc(F)c2[nH]1. The Morgan fingerprint density at radius 2 is 1.85 bits per heavy atom. The molecule has 1 amide bonds. The van der Waals surface area contributed by atoms with Crippen LogP contribution in [0.15, 0.2) is 55.1 Å². The third-order valence-corrected chi connectivity index (χ3v) is 6.88. The van der Waals surface area contributed by atoms with Crippen molar-refractivity contribution in [2.24, 2.45) is 0 Å². The zero-order chi connectivity index (χ0) is 28.1. The minimum Gasteiger partial charge on any atom is -0.435 e. The molecule has 6 aromatic rings. The second kappa shape index (κ2) is 9.62. The molecule has 41 heavy (non-hydrogen) atoms. The summed E-state index contributed by atoms with van der Waals surface area (Å²) in [5.41, 5.74) is 3.60. The molecule has 0 atom stereocenters. The zero-order valence-corrected chi connectivity index (χ0v) is 21.6. The van der Waals surface area contributed by atoms with E-state index in [1.165, 1.54) is 12.4 Å². The topological polar surface area (TPSA) is 138 Å². The van der Waals surface area contributed by atoms with Crippen molar-refractivity contribution in [2.45, 2.75) is 13.3 Å². The van der Waals surface area contributed by atoms with Crippen LogP contribution in [0, 0.1) is 18.6 Å². The molecular weight excluding hydrogens is 532 g/mol. The number of fused-ring (bicyclic) bond motifs is 2. The molecule has 1 fully saturated rings. The van der Waals surface area contributed by atoms with Crippen molar-refractivity contribution in [3.8, 4) is 22.9 Å². The van der Waals surface area contributed by atoms with Crippen molar-refractivity contribution >= 4 is 39.5 Å². The molecule has 13 heteroatoms. The van der Waals surface area contributed by atoms with E-state index in [-0.39, 0.29) is 28.2 Å². The Labute approximate surface area is 230 Å². The van der Waals surface area contributed by atoms with Gasteiger partial charge < -0.3 is 19.9 Å². The molecule has 5 heterocycles.